The fraction of sp³-hybridized carbons (Fsp3) is 0.316. The molecule has 0 aromatic heterocycles. The van der Waals surface area contributed by atoms with Crippen molar-refractivity contribution < 1.29 is 14.3 Å². The van der Waals surface area contributed by atoms with Crippen molar-refractivity contribution in [2.45, 2.75) is 26.2 Å². The average molecular weight is 298 g/mol. The van der Waals surface area contributed by atoms with E-state index in [1.807, 2.05) is 30.3 Å². The highest BCUT2D eigenvalue weighted by Crippen LogP contribution is 2.30. The number of carbonyl (C=O) groups excluding carboxylic acids is 1. The van der Waals surface area contributed by atoms with Crippen LogP contribution in [0.5, 0.6) is 11.5 Å². The van der Waals surface area contributed by atoms with E-state index >= 15 is 0 Å². The molecule has 0 fully saturated rings. The summed E-state index contributed by atoms with van der Waals surface area (Å²) in [7, 11) is 3.11. The topological polar surface area (TPSA) is 35.5 Å². The first-order chi connectivity index (χ1) is 10.7. The molecular weight excluding hydrogens is 276 g/mol. The third-order valence-electron chi connectivity index (χ3n) is 3.69. The van der Waals surface area contributed by atoms with Gasteiger partial charge < -0.3 is 9.47 Å². The van der Waals surface area contributed by atoms with E-state index in [1.54, 1.807) is 26.4 Å². The number of hydrogen-bond acceptors (Lipinski definition) is 3. The molecule has 3 nitrogen and oxygen atoms in total. The van der Waals surface area contributed by atoms with Gasteiger partial charge in [0.2, 0.25) is 5.78 Å². The first-order valence-corrected chi connectivity index (χ1v) is 7.55. The zero-order chi connectivity index (χ0) is 15.9. The van der Waals surface area contributed by atoms with E-state index < -0.39 is 0 Å². The minimum absolute atomic E-state index is 0.0867. The van der Waals surface area contributed by atoms with Crippen LogP contribution in [-0.4, -0.2) is 20.0 Å². The van der Waals surface area contributed by atoms with Crippen LogP contribution in [-0.2, 0) is 6.42 Å². The Bertz CT molecular complexity index is 607. The molecule has 2 rings (SSSR count). The van der Waals surface area contributed by atoms with Gasteiger partial charge in [0.25, 0.3) is 0 Å². The number of ether oxygens (including phenoxy) is 2. The maximum atomic E-state index is 12.8. The van der Waals surface area contributed by atoms with Crippen molar-refractivity contribution in [3.8, 4) is 11.5 Å². The van der Waals surface area contributed by atoms with Crippen LogP contribution in [0.3, 0.4) is 0 Å². The second kappa shape index (κ2) is 7.64. The van der Waals surface area contributed by atoms with Gasteiger partial charge >= 0.3 is 0 Å². The molecule has 2 aromatic rings. The van der Waals surface area contributed by atoms with Gasteiger partial charge in [-0.05, 0) is 30.5 Å². The van der Waals surface area contributed by atoms with Crippen LogP contribution in [0.25, 0.3) is 0 Å². The average Bonchev–Trinajstić information content (AvgIpc) is 2.58. The van der Waals surface area contributed by atoms with Crippen LogP contribution in [0.15, 0.2) is 42.5 Å². The van der Waals surface area contributed by atoms with Crippen LogP contribution >= 0.6 is 0 Å². The van der Waals surface area contributed by atoms with Crippen molar-refractivity contribution >= 4 is 5.78 Å². The molecule has 0 saturated heterocycles. The highest BCUT2D eigenvalue weighted by Gasteiger charge is 2.19. The fourth-order valence-electron chi connectivity index (χ4n) is 2.42. The van der Waals surface area contributed by atoms with E-state index in [2.05, 4.69) is 6.92 Å². The van der Waals surface area contributed by atoms with Crippen LogP contribution in [0, 0.1) is 0 Å². The van der Waals surface area contributed by atoms with Gasteiger partial charge in [-0.1, -0.05) is 43.7 Å². The Labute approximate surface area is 131 Å². The van der Waals surface area contributed by atoms with Gasteiger partial charge in [-0.2, -0.15) is 0 Å². The standard InChI is InChI=1S/C19H22O3/c1-4-5-7-14-10-12-15(13-11-14)19(20)18-16(21-2)8-6-9-17(18)22-3/h6,8-13H,4-5,7H2,1-3H3. The lowest BCUT2D eigenvalue weighted by atomic mass is 9.99. The summed E-state index contributed by atoms with van der Waals surface area (Å²) in [6.07, 6.45) is 3.37. The molecular formula is C19H22O3. The molecule has 0 N–H and O–H groups in total. The summed E-state index contributed by atoms with van der Waals surface area (Å²) >= 11 is 0. The number of aryl methyl sites for hydroxylation is 1. The predicted molar refractivity (Wildman–Crippen MR) is 88.0 cm³/mol. The molecule has 0 amide bonds. The first kappa shape index (κ1) is 16.1. The zero-order valence-corrected chi connectivity index (χ0v) is 13.4. The van der Waals surface area contributed by atoms with Crippen molar-refractivity contribution in [3.05, 3.63) is 59.2 Å². The predicted octanol–water partition coefficient (Wildman–Crippen LogP) is 4.28. The molecule has 0 heterocycles. The summed E-state index contributed by atoms with van der Waals surface area (Å²) in [6, 6.07) is 13.1. The number of unbranched alkanes of at least 4 members (excludes halogenated alkanes) is 1. The molecule has 0 aliphatic heterocycles. The van der Waals surface area contributed by atoms with E-state index in [9.17, 15) is 4.79 Å². The Morgan fingerprint density at radius 2 is 1.55 bits per heavy atom. The van der Waals surface area contributed by atoms with Gasteiger partial charge in [0, 0.05) is 5.56 Å². The third kappa shape index (κ3) is 3.48. The summed E-state index contributed by atoms with van der Waals surface area (Å²) in [6.45, 7) is 2.17. The lowest BCUT2D eigenvalue weighted by Gasteiger charge is -2.12. The number of rotatable bonds is 7. The minimum atomic E-state index is -0.0867. The summed E-state index contributed by atoms with van der Waals surface area (Å²) < 4.78 is 10.6. The highest BCUT2D eigenvalue weighted by atomic mass is 16.5. The second-order valence-corrected chi connectivity index (χ2v) is 5.17. The van der Waals surface area contributed by atoms with Crippen molar-refractivity contribution in [2.75, 3.05) is 14.2 Å². The number of benzene rings is 2. The van der Waals surface area contributed by atoms with Gasteiger partial charge in [0.15, 0.2) is 0 Å². The summed E-state index contributed by atoms with van der Waals surface area (Å²) in [4.78, 5) is 12.8. The van der Waals surface area contributed by atoms with E-state index in [-0.39, 0.29) is 5.78 Å². The quantitative estimate of drug-likeness (QED) is 0.716. The molecule has 0 saturated carbocycles. The summed E-state index contributed by atoms with van der Waals surface area (Å²) in [5.41, 5.74) is 2.36. The largest absolute Gasteiger partial charge is 0.496 e. The Kier molecular flexibility index (Phi) is 5.59. The maximum Gasteiger partial charge on any atom is 0.200 e. The molecule has 0 bridgehead atoms. The summed E-state index contributed by atoms with van der Waals surface area (Å²) in [5, 5.41) is 0. The normalized spacial score (nSPS) is 10.3. The molecule has 0 aliphatic carbocycles. The number of ketones is 1. The molecule has 2 aromatic carbocycles. The van der Waals surface area contributed by atoms with Gasteiger partial charge in [0.1, 0.15) is 17.1 Å². The number of carbonyl (C=O) groups is 1. The summed E-state index contributed by atoms with van der Waals surface area (Å²) in [5.74, 6) is 0.968. The Hall–Kier alpha value is -2.29. The molecule has 22 heavy (non-hydrogen) atoms. The van der Waals surface area contributed by atoms with Crippen LogP contribution in [0.4, 0.5) is 0 Å². The number of hydrogen-bond donors (Lipinski definition) is 0. The maximum absolute atomic E-state index is 12.8. The van der Waals surface area contributed by atoms with E-state index in [0.717, 1.165) is 12.8 Å². The van der Waals surface area contributed by atoms with E-state index in [0.29, 0.717) is 22.6 Å². The van der Waals surface area contributed by atoms with Gasteiger partial charge in [0.05, 0.1) is 14.2 Å². The highest BCUT2D eigenvalue weighted by molar-refractivity contribution is 6.12. The lowest BCUT2D eigenvalue weighted by molar-refractivity contribution is 0.103. The van der Waals surface area contributed by atoms with Crippen molar-refractivity contribution in [1.82, 2.24) is 0 Å². The van der Waals surface area contributed by atoms with Gasteiger partial charge in [-0.3, -0.25) is 4.79 Å². The number of methoxy groups -OCH3 is 2. The monoisotopic (exact) mass is 298 g/mol. The van der Waals surface area contributed by atoms with E-state index in [1.165, 1.54) is 12.0 Å². The molecule has 0 spiro atoms. The Balaban J connectivity index is 2.32. The lowest BCUT2D eigenvalue weighted by Crippen LogP contribution is -2.06. The minimum Gasteiger partial charge on any atom is -0.496 e. The fourth-order valence-corrected chi connectivity index (χ4v) is 2.42. The zero-order valence-electron chi connectivity index (χ0n) is 13.4. The molecule has 0 atom stereocenters. The third-order valence-corrected chi connectivity index (χ3v) is 3.69. The van der Waals surface area contributed by atoms with Crippen LogP contribution in [0.1, 0.15) is 41.3 Å². The molecule has 0 radical (unpaired) electrons. The molecule has 0 aliphatic rings. The molecule has 116 valence electrons. The second-order valence-electron chi connectivity index (χ2n) is 5.17. The van der Waals surface area contributed by atoms with Crippen molar-refractivity contribution in [1.29, 1.82) is 0 Å². The van der Waals surface area contributed by atoms with E-state index in [4.69, 9.17) is 9.47 Å². The smallest absolute Gasteiger partial charge is 0.200 e. The van der Waals surface area contributed by atoms with Gasteiger partial charge in [-0.25, -0.2) is 0 Å². The van der Waals surface area contributed by atoms with Crippen LogP contribution in [0.2, 0.25) is 0 Å². The van der Waals surface area contributed by atoms with Crippen molar-refractivity contribution in [3.63, 3.8) is 0 Å². The SMILES string of the molecule is CCCCc1ccc(C(=O)c2c(OC)cccc2OC)cc1. The van der Waals surface area contributed by atoms with Crippen molar-refractivity contribution in [2.24, 2.45) is 0 Å². The Morgan fingerprint density at radius 1 is 0.955 bits per heavy atom. The molecule has 0 unspecified atom stereocenters. The van der Waals surface area contributed by atoms with Gasteiger partial charge in [-0.15, -0.1) is 0 Å². The molecule has 3 heteroatoms. The first-order valence-electron chi connectivity index (χ1n) is 7.55. The van der Waals surface area contributed by atoms with Crippen LogP contribution < -0.4 is 9.47 Å². The Morgan fingerprint density at radius 3 is 2.05 bits per heavy atom.